The van der Waals surface area contributed by atoms with Gasteiger partial charge in [0.2, 0.25) is 0 Å². The Morgan fingerprint density at radius 2 is 1.00 bits per heavy atom. The lowest BCUT2D eigenvalue weighted by Gasteiger charge is -2.28. The van der Waals surface area contributed by atoms with Crippen molar-refractivity contribution in [3.05, 3.63) is 12.2 Å². The maximum Gasteiger partial charge on any atom is 0.306 e. The van der Waals surface area contributed by atoms with Gasteiger partial charge in [0.1, 0.15) is 19.8 Å². The summed E-state index contributed by atoms with van der Waals surface area (Å²) in [5.41, 5.74) is 0. The molecular formula is C41H80NO8P. The first kappa shape index (κ1) is 49.8. The van der Waals surface area contributed by atoms with Gasteiger partial charge in [-0.25, -0.2) is 0 Å². The lowest BCUT2D eigenvalue weighted by atomic mass is 10.0. The molecule has 1 unspecified atom stereocenters. The monoisotopic (exact) mass is 746 g/mol. The number of carbonyl (C=O) groups excluding carboxylic acids is 2. The summed E-state index contributed by atoms with van der Waals surface area (Å²) in [5, 5.41) is 0. The number of carbonyl (C=O) groups is 2. The van der Waals surface area contributed by atoms with Crippen LogP contribution in [0.5, 0.6) is 0 Å². The molecule has 0 radical (unpaired) electrons. The molecule has 0 aliphatic carbocycles. The third-order valence-electron chi connectivity index (χ3n) is 9.04. The van der Waals surface area contributed by atoms with Gasteiger partial charge in [0.05, 0.1) is 27.7 Å². The zero-order valence-electron chi connectivity index (χ0n) is 33.8. The van der Waals surface area contributed by atoms with Crippen LogP contribution < -0.4 is 4.89 Å². The predicted octanol–water partition coefficient (Wildman–Crippen LogP) is 10.8. The fourth-order valence-corrected chi connectivity index (χ4v) is 6.44. The molecule has 0 bridgehead atoms. The Balaban J connectivity index is 4.37. The second kappa shape index (κ2) is 34.5. The van der Waals surface area contributed by atoms with Crippen LogP contribution in [0.25, 0.3) is 0 Å². The summed E-state index contributed by atoms with van der Waals surface area (Å²) in [6.45, 7) is 4.20. The first-order valence-corrected chi connectivity index (χ1v) is 22.4. The molecule has 2 atom stereocenters. The van der Waals surface area contributed by atoms with Gasteiger partial charge in [-0.3, -0.25) is 14.2 Å². The molecule has 0 aliphatic rings. The van der Waals surface area contributed by atoms with Crippen LogP contribution in [0.4, 0.5) is 0 Å². The molecule has 0 aliphatic heterocycles. The van der Waals surface area contributed by atoms with Crippen LogP contribution in [-0.4, -0.2) is 70.0 Å². The normalized spacial score (nSPS) is 13.8. The van der Waals surface area contributed by atoms with E-state index in [9.17, 15) is 19.0 Å². The van der Waals surface area contributed by atoms with E-state index in [1.807, 2.05) is 21.1 Å². The second-order valence-electron chi connectivity index (χ2n) is 15.4. The van der Waals surface area contributed by atoms with Gasteiger partial charge in [0.25, 0.3) is 7.82 Å². The van der Waals surface area contributed by atoms with Gasteiger partial charge >= 0.3 is 11.9 Å². The number of hydrogen-bond acceptors (Lipinski definition) is 8. The molecule has 0 saturated heterocycles. The zero-order valence-corrected chi connectivity index (χ0v) is 34.7. The zero-order chi connectivity index (χ0) is 37.9. The maximum atomic E-state index is 12.6. The van der Waals surface area contributed by atoms with Crippen LogP contribution in [0.1, 0.15) is 187 Å². The Kier molecular flexibility index (Phi) is 33.7. The summed E-state index contributed by atoms with van der Waals surface area (Å²) in [7, 11) is 1.17. The number of likely N-dealkylation sites (N-methyl/N-ethyl adjacent to an activating group) is 1. The molecule has 0 spiro atoms. The number of quaternary nitrogens is 1. The van der Waals surface area contributed by atoms with Gasteiger partial charge in [-0.15, -0.1) is 0 Å². The van der Waals surface area contributed by atoms with E-state index in [2.05, 4.69) is 26.0 Å². The fourth-order valence-electron chi connectivity index (χ4n) is 5.71. The van der Waals surface area contributed by atoms with Crippen LogP contribution in [-0.2, 0) is 32.7 Å². The highest BCUT2D eigenvalue weighted by molar-refractivity contribution is 7.45. The van der Waals surface area contributed by atoms with Crippen molar-refractivity contribution in [1.29, 1.82) is 0 Å². The number of unbranched alkanes of at least 4 members (excludes halogenated alkanes) is 22. The highest BCUT2D eigenvalue weighted by Gasteiger charge is 2.21. The molecule has 51 heavy (non-hydrogen) atoms. The van der Waals surface area contributed by atoms with Crippen molar-refractivity contribution in [2.45, 2.75) is 193 Å². The topological polar surface area (TPSA) is 111 Å². The third kappa shape index (κ3) is 38.3. The molecule has 0 heterocycles. The van der Waals surface area contributed by atoms with Gasteiger partial charge in [-0.1, -0.05) is 148 Å². The summed E-state index contributed by atoms with van der Waals surface area (Å²) in [4.78, 5) is 37.4. The lowest BCUT2D eigenvalue weighted by Crippen LogP contribution is -2.37. The number of allylic oxidation sites excluding steroid dienone is 2. The van der Waals surface area contributed by atoms with Crippen LogP contribution in [0.15, 0.2) is 12.2 Å². The molecule has 0 aromatic heterocycles. The Bertz CT molecular complexity index is 891. The minimum absolute atomic E-state index is 0.0291. The highest BCUT2D eigenvalue weighted by Crippen LogP contribution is 2.38. The molecule has 0 fully saturated rings. The number of esters is 2. The molecule has 0 N–H and O–H groups in total. The maximum absolute atomic E-state index is 12.6. The Morgan fingerprint density at radius 3 is 1.49 bits per heavy atom. The second-order valence-corrected chi connectivity index (χ2v) is 16.8. The van der Waals surface area contributed by atoms with Crippen LogP contribution in [0, 0.1) is 0 Å². The average molecular weight is 746 g/mol. The number of nitrogens with zero attached hydrogens (tertiary/aromatic N) is 1. The molecule has 302 valence electrons. The van der Waals surface area contributed by atoms with Crippen molar-refractivity contribution in [3.8, 4) is 0 Å². The third-order valence-corrected chi connectivity index (χ3v) is 10.00. The van der Waals surface area contributed by atoms with Gasteiger partial charge in [0.15, 0.2) is 6.10 Å². The minimum atomic E-state index is -4.62. The van der Waals surface area contributed by atoms with Gasteiger partial charge in [-0.2, -0.15) is 0 Å². The van der Waals surface area contributed by atoms with E-state index in [0.29, 0.717) is 17.4 Å². The molecular weight excluding hydrogens is 665 g/mol. The summed E-state index contributed by atoms with van der Waals surface area (Å²) >= 11 is 0. The van der Waals surface area contributed by atoms with E-state index in [1.54, 1.807) is 0 Å². The first-order valence-electron chi connectivity index (χ1n) is 20.9. The van der Waals surface area contributed by atoms with Gasteiger partial charge in [-0.05, 0) is 38.5 Å². The molecule has 0 saturated carbocycles. The summed E-state index contributed by atoms with van der Waals surface area (Å²) in [5.74, 6) is -0.838. The Morgan fingerprint density at radius 1 is 0.588 bits per heavy atom. The van der Waals surface area contributed by atoms with E-state index >= 15 is 0 Å². The minimum Gasteiger partial charge on any atom is -0.756 e. The fraction of sp³-hybridized carbons (Fsp3) is 0.902. The molecule has 0 amide bonds. The van der Waals surface area contributed by atoms with Crippen molar-refractivity contribution in [2.24, 2.45) is 0 Å². The van der Waals surface area contributed by atoms with E-state index in [0.717, 1.165) is 51.4 Å². The Hall–Kier alpha value is -1.25. The molecule has 0 rings (SSSR count). The summed E-state index contributed by atoms with van der Waals surface area (Å²) < 4.78 is 33.8. The number of phosphoric acid groups is 1. The standard InChI is InChI=1S/C41H80NO8P/c1-6-8-10-12-14-16-18-20-21-22-24-26-28-30-32-34-41(44)50-39(38-49-51(45,46)48-36-35-42(3,4)5)37-47-40(43)33-31-29-27-25-23-19-17-15-13-11-9-7-2/h15,17,39H,6-14,16,18-38H2,1-5H3/b17-15+/t39-/m1/s1. The van der Waals surface area contributed by atoms with Crippen molar-refractivity contribution >= 4 is 19.8 Å². The average Bonchev–Trinajstić information content (AvgIpc) is 3.07. The van der Waals surface area contributed by atoms with Crippen molar-refractivity contribution in [2.75, 3.05) is 47.5 Å². The molecule has 0 aromatic rings. The van der Waals surface area contributed by atoms with Crippen LogP contribution in [0.3, 0.4) is 0 Å². The quantitative estimate of drug-likeness (QED) is 0.0202. The van der Waals surface area contributed by atoms with Gasteiger partial charge < -0.3 is 27.9 Å². The SMILES string of the molecule is CCCCC/C=C/CCCCCCCC(=O)OC[C@H](COP(=O)([O-])OCC[N+](C)(C)C)OC(=O)CCCCCCCCCCCCCCCCC. The smallest absolute Gasteiger partial charge is 0.306 e. The van der Waals surface area contributed by atoms with Crippen LogP contribution in [0.2, 0.25) is 0 Å². The molecule has 0 aromatic carbocycles. The van der Waals surface area contributed by atoms with Crippen LogP contribution >= 0.6 is 7.82 Å². The number of ether oxygens (including phenoxy) is 2. The highest BCUT2D eigenvalue weighted by atomic mass is 31.2. The Labute approximate surface area is 314 Å². The van der Waals surface area contributed by atoms with E-state index in [1.165, 1.54) is 103 Å². The lowest BCUT2D eigenvalue weighted by molar-refractivity contribution is -0.870. The molecule has 9 nitrogen and oxygen atoms in total. The van der Waals surface area contributed by atoms with Crippen molar-refractivity contribution < 1.29 is 42.1 Å². The first-order chi connectivity index (χ1) is 24.5. The van der Waals surface area contributed by atoms with E-state index in [-0.39, 0.29) is 26.1 Å². The number of hydrogen-bond donors (Lipinski definition) is 0. The summed E-state index contributed by atoms with van der Waals surface area (Å²) in [6, 6.07) is 0. The molecule has 10 heteroatoms. The van der Waals surface area contributed by atoms with Crippen molar-refractivity contribution in [3.63, 3.8) is 0 Å². The summed E-state index contributed by atoms with van der Waals surface area (Å²) in [6.07, 6.45) is 33.7. The largest absolute Gasteiger partial charge is 0.756 e. The van der Waals surface area contributed by atoms with E-state index < -0.39 is 32.5 Å². The van der Waals surface area contributed by atoms with Crippen molar-refractivity contribution in [1.82, 2.24) is 0 Å². The predicted molar refractivity (Wildman–Crippen MR) is 208 cm³/mol. The number of phosphoric ester groups is 1. The number of rotatable bonds is 38. The van der Waals surface area contributed by atoms with E-state index in [4.69, 9.17) is 18.5 Å². The van der Waals surface area contributed by atoms with Gasteiger partial charge in [0, 0.05) is 12.8 Å².